The molecule has 0 radical (unpaired) electrons. The molecule has 1 N–H and O–H groups in total. The van der Waals surface area contributed by atoms with Gasteiger partial charge in [0, 0.05) is 5.56 Å². The zero-order valence-corrected chi connectivity index (χ0v) is 16.2. The molecule has 3 rings (SSSR count). The van der Waals surface area contributed by atoms with Crippen molar-refractivity contribution < 1.29 is 28.3 Å². The van der Waals surface area contributed by atoms with Gasteiger partial charge in [0.15, 0.2) is 12.4 Å². The first-order chi connectivity index (χ1) is 14.6. The van der Waals surface area contributed by atoms with Crippen molar-refractivity contribution >= 4 is 29.4 Å². The zero-order chi connectivity index (χ0) is 21.3. The topological polar surface area (TPSA) is 94.8 Å². The average Bonchev–Trinajstić information content (AvgIpc) is 3.32. The van der Waals surface area contributed by atoms with Crippen molar-refractivity contribution in [3.63, 3.8) is 0 Å². The molecule has 0 atom stereocenters. The summed E-state index contributed by atoms with van der Waals surface area (Å²) in [6.45, 7) is -0.624. The summed E-state index contributed by atoms with van der Waals surface area (Å²) in [5.74, 6) is -1.63. The second-order valence-corrected chi connectivity index (χ2v) is 6.10. The van der Waals surface area contributed by atoms with Crippen LogP contribution in [0.25, 0.3) is 11.6 Å². The van der Waals surface area contributed by atoms with Gasteiger partial charge in [-0.15, -0.1) is 0 Å². The standard InChI is InChI=1S/C23H19NO6/c1-28-19-11-6-5-10-17(19)14-18(16-8-3-2-4-9-16)23(27)30-15-21(25)24-22(26)20-12-7-13-29-20/h2-14H,15H2,1H3,(H,24,25,26)/b18-14+. The summed E-state index contributed by atoms with van der Waals surface area (Å²) in [6.07, 6.45) is 2.94. The fraction of sp³-hybridized carbons (Fsp3) is 0.0870. The van der Waals surface area contributed by atoms with E-state index in [2.05, 4.69) is 5.32 Å². The van der Waals surface area contributed by atoms with Crippen molar-refractivity contribution in [2.24, 2.45) is 0 Å². The summed E-state index contributed by atoms with van der Waals surface area (Å²) in [7, 11) is 1.54. The lowest BCUT2D eigenvalue weighted by molar-refractivity contribution is -0.142. The van der Waals surface area contributed by atoms with E-state index in [1.165, 1.54) is 25.5 Å². The van der Waals surface area contributed by atoms with Crippen LogP contribution in [0, 0.1) is 0 Å². The van der Waals surface area contributed by atoms with Crippen molar-refractivity contribution in [1.82, 2.24) is 5.32 Å². The lowest BCUT2D eigenvalue weighted by Crippen LogP contribution is -2.34. The van der Waals surface area contributed by atoms with E-state index in [4.69, 9.17) is 13.9 Å². The van der Waals surface area contributed by atoms with Gasteiger partial charge in [-0.1, -0.05) is 48.5 Å². The Morgan fingerprint density at radius 3 is 2.40 bits per heavy atom. The Balaban J connectivity index is 1.75. The molecular weight excluding hydrogens is 386 g/mol. The van der Waals surface area contributed by atoms with E-state index in [0.717, 1.165) is 0 Å². The van der Waals surface area contributed by atoms with Crippen LogP contribution in [0.3, 0.4) is 0 Å². The van der Waals surface area contributed by atoms with E-state index in [9.17, 15) is 14.4 Å². The minimum absolute atomic E-state index is 0.0179. The number of rotatable bonds is 7. The molecule has 7 nitrogen and oxygen atoms in total. The monoisotopic (exact) mass is 405 g/mol. The van der Waals surface area contributed by atoms with Crippen molar-refractivity contribution in [1.29, 1.82) is 0 Å². The van der Waals surface area contributed by atoms with Gasteiger partial charge in [0.25, 0.3) is 11.8 Å². The van der Waals surface area contributed by atoms with Crippen LogP contribution in [0.4, 0.5) is 0 Å². The van der Waals surface area contributed by atoms with Gasteiger partial charge < -0.3 is 13.9 Å². The number of amides is 2. The summed E-state index contributed by atoms with van der Waals surface area (Å²) in [5, 5.41) is 2.10. The normalized spacial score (nSPS) is 10.9. The molecule has 0 saturated heterocycles. The lowest BCUT2D eigenvalue weighted by atomic mass is 10.0. The summed E-state index contributed by atoms with van der Waals surface area (Å²) in [4.78, 5) is 36.6. The van der Waals surface area contributed by atoms with E-state index in [0.29, 0.717) is 16.9 Å². The fourth-order valence-electron chi connectivity index (χ4n) is 2.66. The van der Waals surface area contributed by atoms with E-state index < -0.39 is 24.4 Å². The van der Waals surface area contributed by atoms with E-state index in [-0.39, 0.29) is 11.3 Å². The maximum absolute atomic E-state index is 12.8. The van der Waals surface area contributed by atoms with Gasteiger partial charge in [-0.25, -0.2) is 4.79 Å². The molecule has 3 aromatic rings. The molecule has 30 heavy (non-hydrogen) atoms. The Hall–Kier alpha value is -4.13. The second-order valence-electron chi connectivity index (χ2n) is 6.10. The van der Waals surface area contributed by atoms with Gasteiger partial charge in [-0.3, -0.25) is 14.9 Å². The highest BCUT2D eigenvalue weighted by molar-refractivity contribution is 6.22. The third kappa shape index (κ3) is 5.23. The van der Waals surface area contributed by atoms with Crippen molar-refractivity contribution in [2.45, 2.75) is 0 Å². The molecule has 1 aromatic heterocycles. The van der Waals surface area contributed by atoms with E-state index in [1.807, 2.05) is 18.2 Å². The number of hydrogen-bond acceptors (Lipinski definition) is 6. The third-order valence-corrected chi connectivity index (χ3v) is 4.08. The van der Waals surface area contributed by atoms with Gasteiger partial charge in [-0.2, -0.15) is 0 Å². The molecule has 0 aliphatic rings. The first-order valence-electron chi connectivity index (χ1n) is 9.03. The van der Waals surface area contributed by atoms with Crippen LogP contribution < -0.4 is 10.1 Å². The van der Waals surface area contributed by atoms with Gasteiger partial charge in [0.2, 0.25) is 0 Å². The van der Waals surface area contributed by atoms with E-state index >= 15 is 0 Å². The lowest BCUT2D eigenvalue weighted by Gasteiger charge is -2.10. The van der Waals surface area contributed by atoms with Gasteiger partial charge in [0.05, 0.1) is 18.9 Å². The Kier molecular flexibility index (Phi) is 6.78. The van der Waals surface area contributed by atoms with Crippen molar-refractivity contribution in [3.05, 3.63) is 89.9 Å². The Bertz CT molecular complexity index is 1050. The number of carbonyl (C=O) groups is 3. The highest BCUT2D eigenvalue weighted by atomic mass is 16.5. The molecule has 0 fully saturated rings. The van der Waals surface area contributed by atoms with Gasteiger partial charge in [0.1, 0.15) is 5.75 Å². The number of carbonyl (C=O) groups excluding carboxylic acids is 3. The highest BCUT2D eigenvalue weighted by Crippen LogP contribution is 2.25. The molecule has 152 valence electrons. The largest absolute Gasteiger partial charge is 0.496 e. The number of methoxy groups -OCH3 is 1. The van der Waals surface area contributed by atoms with Crippen molar-refractivity contribution in [3.8, 4) is 5.75 Å². The van der Waals surface area contributed by atoms with Crippen LogP contribution in [0.1, 0.15) is 21.7 Å². The molecule has 0 aliphatic carbocycles. The van der Waals surface area contributed by atoms with Crippen LogP contribution in [0.2, 0.25) is 0 Å². The van der Waals surface area contributed by atoms with E-state index in [1.54, 1.807) is 42.5 Å². The van der Waals surface area contributed by atoms with Gasteiger partial charge in [-0.05, 0) is 29.8 Å². The summed E-state index contributed by atoms with van der Waals surface area (Å²) in [6, 6.07) is 19.0. The number of benzene rings is 2. The van der Waals surface area contributed by atoms with Crippen molar-refractivity contribution in [2.75, 3.05) is 13.7 Å². The molecule has 0 aliphatic heterocycles. The quantitative estimate of drug-likeness (QED) is 0.368. The molecular formula is C23H19NO6. The Morgan fingerprint density at radius 2 is 1.70 bits per heavy atom. The first-order valence-corrected chi connectivity index (χ1v) is 9.03. The zero-order valence-electron chi connectivity index (χ0n) is 16.2. The first kappa shape index (κ1) is 20.6. The summed E-state index contributed by atoms with van der Waals surface area (Å²) >= 11 is 0. The third-order valence-electron chi connectivity index (χ3n) is 4.08. The highest BCUT2D eigenvalue weighted by Gasteiger charge is 2.18. The number of para-hydroxylation sites is 1. The number of imide groups is 1. The molecule has 7 heteroatoms. The molecule has 2 amide bonds. The molecule has 0 bridgehead atoms. The predicted molar refractivity (Wildman–Crippen MR) is 109 cm³/mol. The molecule has 2 aromatic carbocycles. The summed E-state index contributed by atoms with van der Waals surface area (Å²) < 4.78 is 15.4. The maximum Gasteiger partial charge on any atom is 0.339 e. The summed E-state index contributed by atoms with van der Waals surface area (Å²) in [5.41, 5.74) is 1.53. The maximum atomic E-state index is 12.8. The fourth-order valence-corrected chi connectivity index (χ4v) is 2.66. The second kappa shape index (κ2) is 9.88. The average molecular weight is 405 g/mol. The molecule has 1 heterocycles. The minimum atomic E-state index is -0.769. The molecule has 0 spiro atoms. The number of esters is 1. The SMILES string of the molecule is COc1ccccc1/C=C(/C(=O)OCC(=O)NC(=O)c1ccco1)c1ccccc1. The van der Waals surface area contributed by atoms with Crippen LogP contribution >= 0.6 is 0 Å². The van der Waals surface area contributed by atoms with Crippen LogP contribution in [0.15, 0.2) is 77.4 Å². The number of nitrogens with one attached hydrogen (secondary N) is 1. The van der Waals surface area contributed by atoms with Crippen LogP contribution in [0.5, 0.6) is 5.75 Å². The smallest absolute Gasteiger partial charge is 0.339 e. The van der Waals surface area contributed by atoms with Crippen LogP contribution in [-0.2, 0) is 14.3 Å². The number of furan rings is 1. The van der Waals surface area contributed by atoms with Crippen LogP contribution in [-0.4, -0.2) is 31.5 Å². The predicted octanol–water partition coefficient (Wildman–Crippen LogP) is 3.33. The number of ether oxygens (including phenoxy) is 2. The molecule has 0 unspecified atom stereocenters. The Labute approximate surface area is 172 Å². The molecule has 0 saturated carbocycles. The Morgan fingerprint density at radius 1 is 0.967 bits per heavy atom. The number of hydrogen-bond donors (Lipinski definition) is 1. The minimum Gasteiger partial charge on any atom is -0.496 e. The van der Waals surface area contributed by atoms with Gasteiger partial charge >= 0.3 is 5.97 Å².